The zero-order valence-electron chi connectivity index (χ0n) is 14.8. The number of aromatic nitrogens is 5. The van der Waals surface area contributed by atoms with E-state index >= 15 is 0 Å². The van der Waals surface area contributed by atoms with Gasteiger partial charge in [0.2, 0.25) is 5.95 Å². The molecule has 9 nitrogen and oxygen atoms in total. The Kier molecular flexibility index (Phi) is 5.03. The van der Waals surface area contributed by atoms with E-state index in [0.717, 1.165) is 11.0 Å². The minimum Gasteiger partial charge on any atom is -0.353 e. The molecule has 10 heteroatoms. The van der Waals surface area contributed by atoms with Crippen molar-refractivity contribution >= 4 is 38.5 Å². The molecule has 0 saturated carbocycles. The molecule has 0 atom stereocenters. The van der Waals surface area contributed by atoms with Gasteiger partial charge in [-0.3, -0.25) is 0 Å². The van der Waals surface area contributed by atoms with Crippen molar-refractivity contribution in [3.8, 4) is 0 Å². The van der Waals surface area contributed by atoms with E-state index in [1.807, 2.05) is 6.07 Å². The van der Waals surface area contributed by atoms with Crippen LogP contribution in [0.15, 0.2) is 30.9 Å². The topological polar surface area (TPSA) is 115 Å². The lowest BCUT2D eigenvalue weighted by atomic mass is 10.3. The van der Waals surface area contributed by atoms with Gasteiger partial charge in [0, 0.05) is 31.1 Å². The van der Waals surface area contributed by atoms with Crippen LogP contribution in [0.25, 0.3) is 11.0 Å². The van der Waals surface area contributed by atoms with E-state index in [1.165, 1.54) is 6.26 Å². The quantitative estimate of drug-likeness (QED) is 0.644. The van der Waals surface area contributed by atoms with E-state index in [9.17, 15) is 8.42 Å². The molecule has 0 spiro atoms. The Hall–Kier alpha value is -2.75. The molecule has 3 heterocycles. The zero-order chi connectivity index (χ0) is 18.7. The second-order valence-electron chi connectivity index (χ2n) is 6.25. The Morgan fingerprint density at radius 2 is 2.00 bits per heavy atom. The standard InChI is InChI=1S/C16H21N7O2S/c1-11(2)23-10-20-12-9-19-15(8-13(12)23)21-14-4-5-17-16(22-14)18-6-7-26(3,24)25/h4-5,8-11H,6-7H2,1-3H3,(H2,17,18,19,21,22). The van der Waals surface area contributed by atoms with Gasteiger partial charge in [0.25, 0.3) is 0 Å². The van der Waals surface area contributed by atoms with Gasteiger partial charge in [-0.1, -0.05) is 0 Å². The summed E-state index contributed by atoms with van der Waals surface area (Å²) in [6.07, 6.45) is 6.30. The molecule has 0 saturated heterocycles. The molecule has 0 aliphatic heterocycles. The van der Waals surface area contributed by atoms with E-state index < -0.39 is 9.84 Å². The van der Waals surface area contributed by atoms with Crippen LogP contribution < -0.4 is 10.6 Å². The summed E-state index contributed by atoms with van der Waals surface area (Å²) in [5, 5.41) is 6.04. The van der Waals surface area contributed by atoms with Gasteiger partial charge in [0.05, 0.1) is 23.8 Å². The average molecular weight is 375 g/mol. The summed E-state index contributed by atoms with van der Waals surface area (Å²) >= 11 is 0. The van der Waals surface area contributed by atoms with Gasteiger partial charge in [-0.25, -0.2) is 23.4 Å². The van der Waals surface area contributed by atoms with E-state index in [-0.39, 0.29) is 12.3 Å². The van der Waals surface area contributed by atoms with Gasteiger partial charge in [-0.15, -0.1) is 0 Å². The van der Waals surface area contributed by atoms with Crippen molar-refractivity contribution in [2.75, 3.05) is 29.2 Å². The molecule has 3 rings (SSSR count). The Morgan fingerprint density at radius 1 is 1.19 bits per heavy atom. The minimum absolute atomic E-state index is 0.0193. The molecule has 0 fully saturated rings. The molecule has 0 bridgehead atoms. The summed E-state index contributed by atoms with van der Waals surface area (Å²) in [5.74, 6) is 1.57. The normalized spacial score (nSPS) is 11.8. The fourth-order valence-corrected chi connectivity index (χ4v) is 2.88. The number of sulfone groups is 1. The molecule has 0 aliphatic carbocycles. The van der Waals surface area contributed by atoms with Crippen LogP contribution in [-0.2, 0) is 9.84 Å². The van der Waals surface area contributed by atoms with Crippen LogP contribution in [0, 0.1) is 0 Å². The van der Waals surface area contributed by atoms with E-state index in [1.54, 1.807) is 24.8 Å². The maximum absolute atomic E-state index is 11.2. The summed E-state index contributed by atoms with van der Waals surface area (Å²) in [6.45, 7) is 4.43. The summed E-state index contributed by atoms with van der Waals surface area (Å²) in [7, 11) is -3.03. The van der Waals surface area contributed by atoms with Gasteiger partial charge >= 0.3 is 0 Å². The number of anilines is 3. The molecular formula is C16H21N7O2S. The number of hydrogen-bond acceptors (Lipinski definition) is 8. The van der Waals surface area contributed by atoms with Crippen LogP contribution in [0.2, 0.25) is 0 Å². The van der Waals surface area contributed by atoms with Crippen molar-refractivity contribution in [1.82, 2.24) is 24.5 Å². The van der Waals surface area contributed by atoms with Crippen molar-refractivity contribution in [2.24, 2.45) is 0 Å². The van der Waals surface area contributed by atoms with Crippen molar-refractivity contribution in [3.05, 3.63) is 30.9 Å². The number of rotatable bonds is 7. The number of nitrogens with one attached hydrogen (secondary N) is 2. The van der Waals surface area contributed by atoms with E-state index in [0.29, 0.717) is 23.6 Å². The smallest absolute Gasteiger partial charge is 0.224 e. The van der Waals surface area contributed by atoms with Crippen LogP contribution in [0.1, 0.15) is 19.9 Å². The monoisotopic (exact) mass is 375 g/mol. The third kappa shape index (κ3) is 4.45. The second-order valence-corrected chi connectivity index (χ2v) is 8.51. The summed E-state index contributed by atoms with van der Waals surface area (Å²) < 4.78 is 24.4. The maximum atomic E-state index is 11.2. The fourth-order valence-electron chi connectivity index (χ4n) is 2.40. The highest BCUT2D eigenvalue weighted by atomic mass is 32.2. The van der Waals surface area contributed by atoms with Crippen LogP contribution >= 0.6 is 0 Å². The van der Waals surface area contributed by atoms with Gasteiger partial charge in [0.1, 0.15) is 27.0 Å². The molecule has 0 radical (unpaired) electrons. The minimum atomic E-state index is -3.03. The van der Waals surface area contributed by atoms with Crippen molar-refractivity contribution in [3.63, 3.8) is 0 Å². The number of fused-ring (bicyclic) bond motifs is 1. The zero-order valence-corrected chi connectivity index (χ0v) is 15.7. The highest BCUT2D eigenvalue weighted by Crippen LogP contribution is 2.21. The first-order valence-electron chi connectivity index (χ1n) is 8.16. The lowest BCUT2D eigenvalue weighted by Gasteiger charge is -2.10. The molecule has 3 aromatic heterocycles. The highest BCUT2D eigenvalue weighted by molar-refractivity contribution is 7.90. The number of imidazole rings is 1. The largest absolute Gasteiger partial charge is 0.353 e. The lowest BCUT2D eigenvalue weighted by Crippen LogP contribution is -2.15. The predicted octanol–water partition coefficient (Wildman–Crippen LogP) is 2.00. The molecule has 3 aromatic rings. The number of hydrogen-bond donors (Lipinski definition) is 2. The van der Waals surface area contributed by atoms with Gasteiger partial charge in [-0.05, 0) is 19.9 Å². The van der Waals surface area contributed by atoms with Gasteiger partial charge < -0.3 is 15.2 Å². The van der Waals surface area contributed by atoms with Crippen LogP contribution in [0.5, 0.6) is 0 Å². The molecule has 26 heavy (non-hydrogen) atoms. The summed E-state index contributed by atoms with van der Waals surface area (Å²) in [5.41, 5.74) is 1.81. The van der Waals surface area contributed by atoms with E-state index in [4.69, 9.17) is 0 Å². The SMILES string of the molecule is CC(C)n1cnc2cnc(Nc3ccnc(NCCS(C)(=O)=O)n3)cc21. The Labute approximate surface area is 151 Å². The third-order valence-corrected chi connectivity index (χ3v) is 4.63. The molecule has 2 N–H and O–H groups in total. The molecule has 138 valence electrons. The van der Waals surface area contributed by atoms with Crippen LogP contribution in [0.4, 0.5) is 17.6 Å². The maximum Gasteiger partial charge on any atom is 0.224 e. The van der Waals surface area contributed by atoms with Crippen molar-refractivity contribution in [2.45, 2.75) is 19.9 Å². The number of nitrogens with zero attached hydrogens (tertiary/aromatic N) is 5. The van der Waals surface area contributed by atoms with Crippen LogP contribution in [0.3, 0.4) is 0 Å². The molecule has 0 aromatic carbocycles. The first-order valence-corrected chi connectivity index (χ1v) is 10.2. The molecule has 0 amide bonds. The van der Waals surface area contributed by atoms with Gasteiger partial charge in [0.15, 0.2) is 0 Å². The summed E-state index contributed by atoms with van der Waals surface area (Å²) in [4.78, 5) is 17.1. The average Bonchev–Trinajstić information content (AvgIpc) is 2.97. The Bertz CT molecular complexity index is 1010. The van der Waals surface area contributed by atoms with Crippen LogP contribution in [-0.4, -0.2) is 51.5 Å². The third-order valence-electron chi connectivity index (χ3n) is 3.69. The Balaban J connectivity index is 1.75. The Morgan fingerprint density at radius 3 is 2.73 bits per heavy atom. The first-order chi connectivity index (χ1) is 12.3. The summed E-state index contributed by atoms with van der Waals surface area (Å²) in [6, 6.07) is 3.93. The van der Waals surface area contributed by atoms with Crippen molar-refractivity contribution < 1.29 is 8.42 Å². The lowest BCUT2D eigenvalue weighted by molar-refractivity contribution is 0.602. The fraction of sp³-hybridized carbons (Fsp3) is 0.375. The van der Waals surface area contributed by atoms with Crippen molar-refractivity contribution in [1.29, 1.82) is 0 Å². The molecular weight excluding hydrogens is 354 g/mol. The molecule has 0 aliphatic rings. The first kappa shape index (κ1) is 18.1. The van der Waals surface area contributed by atoms with E-state index in [2.05, 4.69) is 49.0 Å². The number of pyridine rings is 1. The molecule has 0 unspecified atom stereocenters. The second kappa shape index (κ2) is 7.24. The highest BCUT2D eigenvalue weighted by Gasteiger charge is 2.08. The van der Waals surface area contributed by atoms with Gasteiger partial charge in [-0.2, -0.15) is 4.98 Å². The predicted molar refractivity (Wildman–Crippen MR) is 101 cm³/mol.